The summed E-state index contributed by atoms with van der Waals surface area (Å²) in [5.41, 5.74) is -0.223. The fraction of sp³-hybridized carbons (Fsp3) is 0.261. The zero-order chi connectivity index (χ0) is 23.6. The van der Waals surface area contributed by atoms with E-state index >= 15 is 0 Å². The summed E-state index contributed by atoms with van der Waals surface area (Å²) >= 11 is 5.85. The maximum absolute atomic E-state index is 13.0. The fourth-order valence-corrected chi connectivity index (χ4v) is 4.72. The minimum Gasteiger partial charge on any atom is -0.455 e. The van der Waals surface area contributed by atoms with Gasteiger partial charge in [0.15, 0.2) is 5.76 Å². The first kappa shape index (κ1) is 23.4. The van der Waals surface area contributed by atoms with E-state index in [0.29, 0.717) is 47.5 Å². The van der Waals surface area contributed by atoms with E-state index < -0.39 is 22.5 Å². The monoisotopic (exact) mass is 496 g/mol. The molecule has 0 spiro atoms. The second-order valence-corrected chi connectivity index (χ2v) is 9.42. The molecule has 1 aliphatic rings. The molecule has 0 radical (unpaired) electrons. The van der Waals surface area contributed by atoms with Crippen LogP contribution in [0.4, 0.5) is 18.9 Å². The van der Waals surface area contributed by atoms with Gasteiger partial charge in [0.2, 0.25) is 0 Å². The quantitative estimate of drug-likeness (QED) is 0.486. The first-order valence-electron chi connectivity index (χ1n) is 10.1. The number of alkyl halides is 3. The van der Waals surface area contributed by atoms with Gasteiger partial charge in [-0.05, 0) is 54.6 Å². The molecule has 4 rings (SSSR count). The van der Waals surface area contributed by atoms with Crippen LogP contribution >= 0.6 is 11.6 Å². The van der Waals surface area contributed by atoms with Gasteiger partial charge in [-0.1, -0.05) is 17.7 Å². The Kier molecular flexibility index (Phi) is 6.81. The predicted molar refractivity (Wildman–Crippen MR) is 120 cm³/mol. The van der Waals surface area contributed by atoms with Crippen LogP contribution < -0.4 is 4.90 Å². The van der Waals surface area contributed by atoms with Crippen LogP contribution in [0.2, 0.25) is 5.02 Å². The molecule has 1 aliphatic heterocycles. The molecule has 174 valence electrons. The van der Waals surface area contributed by atoms with Gasteiger partial charge in [-0.2, -0.15) is 13.2 Å². The lowest BCUT2D eigenvalue weighted by atomic mass is 10.1. The molecular weight excluding hydrogens is 477 g/mol. The highest BCUT2D eigenvalue weighted by Gasteiger charge is 2.31. The van der Waals surface area contributed by atoms with Crippen molar-refractivity contribution < 1.29 is 26.6 Å². The number of rotatable bonds is 5. The molecule has 5 nitrogen and oxygen atoms in total. The van der Waals surface area contributed by atoms with Gasteiger partial charge in [0.25, 0.3) is 5.91 Å². The Morgan fingerprint density at radius 3 is 2.36 bits per heavy atom. The summed E-state index contributed by atoms with van der Waals surface area (Å²) in [6, 6.07) is 15.0. The van der Waals surface area contributed by atoms with Crippen molar-refractivity contribution >= 4 is 34.0 Å². The number of carbonyl (C=O) groups is 1. The Bertz CT molecular complexity index is 1160. The van der Waals surface area contributed by atoms with Crippen LogP contribution in [-0.2, 0) is 22.7 Å². The highest BCUT2D eigenvalue weighted by atomic mass is 35.5. The van der Waals surface area contributed by atoms with Crippen LogP contribution in [-0.4, -0.2) is 41.2 Å². The van der Waals surface area contributed by atoms with Crippen LogP contribution in [0.15, 0.2) is 70.0 Å². The minimum atomic E-state index is -4.40. The molecule has 1 amide bonds. The number of carbonyl (C=O) groups excluding carboxylic acids is 1. The molecule has 1 aromatic heterocycles. The van der Waals surface area contributed by atoms with E-state index in [-0.39, 0.29) is 17.4 Å². The van der Waals surface area contributed by atoms with Crippen LogP contribution in [0, 0.1) is 0 Å². The lowest BCUT2D eigenvalue weighted by Gasteiger charge is -2.36. The van der Waals surface area contributed by atoms with Gasteiger partial charge in [0.05, 0.1) is 22.1 Å². The van der Waals surface area contributed by atoms with E-state index in [2.05, 4.69) is 0 Å². The van der Waals surface area contributed by atoms with E-state index in [0.717, 1.165) is 12.1 Å². The van der Waals surface area contributed by atoms with Crippen molar-refractivity contribution in [3.8, 4) is 0 Å². The smallest absolute Gasteiger partial charge is 0.416 e. The molecule has 1 saturated heterocycles. The number of piperazine rings is 1. The van der Waals surface area contributed by atoms with E-state index in [1.165, 1.54) is 6.07 Å². The lowest BCUT2D eigenvalue weighted by molar-refractivity contribution is -0.137. The van der Waals surface area contributed by atoms with E-state index in [1.54, 1.807) is 47.4 Å². The Labute approximate surface area is 196 Å². The molecule has 3 aromatic rings. The summed E-state index contributed by atoms with van der Waals surface area (Å²) in [5, 5.41) is 0.551. The Balaban J connectivity index is 1.35. The van der Waals surface area contributed by atoms with Gasteiger partial charge in [-0.25, -0.2) is 0 Å². The summed E-state index contributed by atoms with van der Waals surface area (Å²) < 4.78 is 57.1. The molecule has 0 aliphatic carbocycles. The number of hydrogen-bond acceptors (Lipinski definition) is 4. The van der Waals surface area contributed by atoms with Crippen molar-refractivity contribution in [3.05, 3.63) is 82.8 Å². The first-order valence-corrected chi connectivity index (χ1v) is 11.8. The largest absolute Gasteiger partial charge is 0.455 e. The van der Waals surface area contributed by atoms with Crippen LogP contribution in [0.1, 0.15) is 21.9 Å². The fourth-order valence-electron chi connectivity index (χ4n) is 3.57. The number of furan rings is 1. The van der Waals surface area contributed by atoms with E-state index in [4.69, 9.17) is 16.0 Å². The molecule has 0 saturated carbocycles. The summed E-state index contributed by atoms with van der Waals surface area (Å²) in [6.45, 7) is 1.51. The average Bonchev–Trinajstić information content (AvgIpc) is 3.27. The normalized spacial score (nSPS) is 15.5. The van der Waals surface area contributed by atoms with Crippen molar-refractivity contribution in [1.82, 2.24) is 4.90 Å². The Morgan fingerprint density at radius 2 is 1.70 bits per heavy atom. The van der Waals surface area contributed by atoms with Crippen molar-refractivity contribution in [2.45, 2.75) is 16.8 Å². The molecule has 2 heterocycles. The zero-order valence-corrected chi connectivity index (χ0v) is 18.9. The number of halogens is 4. The number of nitrogens with zero attached hydrogens (tertiary/aromatic N) is 2. The Hall–Kier alpha value is -2.78. The Morgan fingerprint density at radius 1 is 1.00 bits per heavy atom. The molecule has 0 N–H and O–H groups in total. The van der Waals surface area contributed by atoms with Crippen LogP contribution in [0.25, 0.3) is 0 Å². The number of anilines is 1. The molecular formula is C23H20ClF3N2O3S. The second kappa shape index (κ2) is 9.61. The van der Waals surface area contributed by atoms with Gasteiger partial charge in [-0.15, -0.1) is 0 Å². The van der Waals surface area contributed by atoms with Crippen molar-refractivity contribution in [2.75, 3.05) is 31.1 Å². The molecule has 0 bridgehead atoms. The molecule has 1 atom stereocenters. The second-order valence-electron chi connectivity index (χ2n) is 7.54. The van der Waals surface area contributed by atoms with E-state index in [1.807, 2.05) is 4.90 Å². The maximum Gasteiger partial charge on any atom is 0.416 e. The maximum atomic E-state index is 13.0. The summed E-state index contributed by atoms with van der Waals surface area (Å²) in [5.74, 6) is 0.389. The summed E-state index contributed by atoms with van der Waals surface area (Å²) in [4.78, 5) is 16.8. The molecule has 2 aromatic carbocycles. The van der Waals surface area contributed by atoms with E-state index in [9.17, 15) is 22.2 Å². The number of hydrogen-bond donors (Lipinski definition) is 0. The SMILES string of the molecule is O=C(c1ccc(CS(=O)c2ccc(Cl)cc2)o1)N1CCN(c2cccc(C(F)(F)F)c2)CC1. The first-order chi connectivity index (χ1) is 15.7. The molecule has 33 heavy (non-hydrogen) atoms. The third kappa shape index (κ3) is 5.59. The van der Waals surface area contributed by atoms with Gasteiger partial charge in [0.1, 0.15) is 5.76 Å². The van der Waals surface area contributed by atoms with Crippen molar-refractivity contribution in [1.29, 1.82) is 0 Å². The number of benzene rings is 2. The third-order valence-electron chi connectivity index (χ3n) is 5.33. The van der Waals surface area contributed by atoms with Crippen LogP contribution in [0.5, 0.6) is 0 Å². The molecule has 1 fully saturated rings. The van der Waals surface area contributed by atoms with Gasteiger partial charge < -0.3 is 14.2 Å². The highest BCUT2D eigenvalue weighted by molar-refractivity contribution is 7.84. The summed E-state index contributed by atoms with van der Waals surface area (Å²) in [7, 11) is -1.35. The van der Waals surface area contributed by atoms with Gasteiger partial charge in [-0.3, -0.25) is 9.00 Å². The molecule has 1 unspecified atom stereocenters. The highest BCUT2D eigenvalue weighted by Crippen LogP contribution is 2.32. The average molecular weight is 497 g/mol. The van der Waals surface area contributed by atoms with Gasteiger partial charge >= 0.3 is 6.18 Å². The number of amides is 1. The van der Waals surface area contributed by atoms with Crippen molar-refractivity contribution in [2.24, 2.45) is 0 Å². The van der Waals surface area contributed by atoms with Crippen molar-refractivity contribution in [3.63, 3.8) is 0 Å². The third-order valence-corrected chi connectivity index (χ3v) is 6.92. The topological polar surface area (TPSA) is 53.8 Å². The zero-order valence-electron chi connectivity index (χ0n) is 17.3. The molecule has 10 heteroatoms. The summed E-state index contributed by atoms with van der Waals surface area (Å²) in [6.07, 6.45) is -4.40. The van der Waals surface area contributed by atoms with Crippen LogP contribution in [0.3, 0.4) is 0 Å². The van der Waals surface area contributed by atoms with Gasteiger partial charge in [0, 0.05) is 41.8 Å². The minimum absolute atomic E-state index is 0.123. The lowest BCUT2D eigenvalue weighted by Crippen LogP contribution is -2.48. The predicted octanol–water partition coefficient (Wildman–Crippen LogP) is 5.22. The standard InChI is InChI=1S/C23H20ClF3N2O3S/c24-17-4-7-20(8-5-17)33(31)15-19-6-9-21(32-19)22(30)29-12-10-28(11-13-29)18-3-1-2-16(14-18)23(25,26)27/h1-9,14H,10-13,15H2.